The van der Waals surface area contributed by atoms with E-state index in [0.717, 1.165) is 33.8 Å². The number of halogens is 1. The fraction of sp³-hybridized carbons (Fsp3) is 0.167. The van der Waals surface area contributed by atoms with Crippen LogP contribution in [0.25, 0.3) is 11.3 Å². The molecule has 1 aromatic heterocycles. The van der Waals surface area contributed by atoms with Crippen LogP contribution in [0.3, 0.4) is 0 Å². The van der Waals surface area contributed by atoms with E-state index < -0.39 is 0 Å². The number of thiol groups is 1. The van der Waals surface area contributed by atoms with Crippen molar-refractivity contribution in [1.82, 2.24) is 10.2 Å². The van der Waals surface area contributed by atoms with Crippen molar-refractivity contribution in [3.05, 3.63) is 40.9 Å². The van der Waals surface area contributed by atoms with Crippen LogP contribution in [0.5, 0.6) is 0 Å². The van der Waals surface area contributed by atoms with Gasteiger partial charge in [-0.15, -0.1) is 10.2 Å². The van der Waals surface area contributed by atoms with Gasteiger partial charge in [-0.3, -0.25) is 0 Å². The fourth-order valence-corrected chi connectivity index (χ4v) is 1.92. The molecule has 0 saturated carbocycles. The highest BCUT2D eigenvalue weighted by atomic mass is 79.9. The Balaban J connectivity index is 2.17. The molecule has 0 amide bonds. The molecule has 0 fully saturated rings. The molecule has 1 N–H and O–H groups in total. The molecule has 2 aromatic rings. The summed E-state index contributed by atoms with van der Waals surface area (Å²) < 4.78 is 1.04. The third kappa shape index (κ3) is 3.44. The second-order valence-corrected chi connectivity index (χ2v) is 4.83. The Morgan fingerprint density at radius 2 is 2.06 bits per heavy atom. The van der Waals surface area contributed by atoms with E-state index in [1.165, 1.54) is 0 Å². The van der Waals surface area contributed by atoms with Gasteiger partial charge in [-0.2, -0.15) is 12.6 Å². The summed E-state index contributed by atoms with van der Waals surface area (Å²) in [6.07, 6.45) is 0. The minimum atomic E-state index is 0.773. The smallest absolute Gasteiger partial charge is 0.148 e. The molecule has 2 rings (SSSR count). The van der Waals surface area contributed by atoms with Gasteiger partial charge in [-0.1, -0.05) is 28.1 Å². The van der Waals surface area contributed by atoms with Gasteiger partial charge in [0.05, 0.1) is 5.69 Å². The first kappa shape index (κ1) is 12.4. The van der Waals surface area contributed by atoms with Crippen LogP contribution in [-0.4, -0.2) is 22.5 Å². The molecule has 0 bridgehead atoms. The van der Waals surface area contributed by atoms with Gasteiger partial charge in [-0.25, -0.2) is 0 Å². The van der Waals surface area contributed by atoms with Crippen LogP contribution in [0, 0.1) is 0 Å². The van der Waals surface area contributed by atoms with Gasteiger partial charge >= 0.3 is 0 Å². The molecule has 0 aliphatic carbocycles. The highest BCUT2D eigenvalue weighted by molar-refractivity contribution is 9.10. The average molecular weight is 310 g/mol. The predicted octanol–water partition coefficient (Wildman–Crippen LogP) is 3.25. The molecular weight excluding hydrogens is 298 g/mol. The lowest BCUT2D eigenvalue weighted by molar-refractivity contribution is 1.02. The zero-order chi connectivity index (χ0) is 12.1. The molecule has 3 nitrogen and oxygen atoms in total. The van der Waals surface area contributed by atoms with E-state index in [4.69, 9.17) is 0 Å². The fourth-order valence-electron chi connectivity index (χ4n) is 1.41. The number of benzene rings is 1. The van der Waals surface area contributed by atoms with Gasteiger partial charge in [0, 0.05) is 22.3 Å². The van der Waals surface area contributed by atoms with E-state index in [2.05, 4.69) is 44.1 Å². The van der Waals surface area contributed by atoms with E-state index in [0.29, 0.717) is 0 Å². The largest absolute Gasteiger partial charge is 0.368 e. The van der Waals surface area contributed by atoms with E-state index >= 15 is 0 Å². The van der Waals surface area contributed by atoms with Crippen LogP contribution in [0.15, 0.2) is 40.9 Å². The summed E-state index contributed by atoms with van der Waals surface area (Å²) in [7, 11) is 0. The van der Waals surface area contributed by atoms with E-state index in [9.17, 15) is 0 Å². The number of rotatable bonds is 4. The normalized spacial score (nSPS) is 10.2. The number of aromatic nitrogens is 2. The third-order valence-corrected chi connectivity index (χ3v) is 2.92. The highest BCUT2D eigenvalue weighted by Crippen LogP contribution is 2.21. The predicted molar refractivity (Wildman–Crippen MR) is 77.5 cm³/mol. The van der Waals surface area contributed by atoms with Crippen molar-refractivity contribution in [2.45, 2.75) is 0 Å². The van der Waals surface area contributed by atoms with Crippen LogP contribution < -0.4 is 5.32 Å². The summed E-state index contributed by atoms with van der Waals surface area (Å²) in [5, 5.41) is 11.4. The van der Waals surface area contributed by atoms with Crippen LogP contribution in [0.2, 0.25) is 0 Å². The highest BCUT2D eigenvalue weighted by Gasteiger charge is 2.01. The first-order valence-corrected chi connectivity index (χ1v) is 6.66. The molecule has 88 valence electrons. The lowest BCUT2D eigenvalue weighted by Gasteiger charge is -2.04. The van der Waals surface area contributed by atoms with Crippen LogP contribution in [-0.2, 0) is 0 Å². The van der Waals surface area contributed by atoms with Crippen molar-refractivity contribution in [2.24, 2.45) is 0 Å². The lowest BCUT2D eigenvalue weighted by Crippen LogP contribution is -2.05. The Bertz CT molecular complexity index is 487. The van der Waals surface area contributed by atoms with Crippen molar-refractivity contribution in [2.75, 3.05) is 17.6 Å². The Morgan fingerprint density at radius 3 is 2.71 bits per heavy atom. The third-order valence-electron chi connectivity index (χ3n) is 2.20. The Kier molecular flexibility index (Phi) is 4.39. The minimum absolute atomic E-state index is 0.773. The summed E-state index contributed by atoms with van der Waals surface area (Å²) in [6, 6.07) is 11.9. The van der Waals surface area contributed by atoms with Gasteiger partial charge in [0.2, 0.25) is 0 Å². The first-order valence-electron chi connectivity index (χ1n) is 5.24. The number of hydrogen-bond acceptors (Lipinski definition) is 4. The zero-order valence-corrected chi connectivity index (χ0v) is 11.6. The van der Waals surface area contributed by atoms with Gasteiger partial charge in [0.1, 0.15) is 5.82 Å². The van der Waals surface area contributed by atoms with Crippen molar-refractivity contribution < 1.29 is 0 Å². The topological polar surface area (TPSA) is 37.8 Å². The maximum atomic E-state index is 4.18. The monoisotopic (exact) mass is 309 g/mol. The molecule has 0 unspecified atom stereocenters. The molecule has 0 aliphatic heterocycles. The van der Waals surface area contributed by atoms with Crippen molar-refractivity contribution in [3.63, 3.8) is 0 Å². The lowest BCUT2D eigenvalue weighted by atomic mass is 10.1. The summed E-state index contributed by atoms with van der Waals surface area (Å²) in [5.74, 6) is 1.55. The van der Waals surface area contributed by atoms with E-state index in [-0.39, 0.29) is 0 Å². The molecule has 0 spiro atoms. The molecule has 1 heterocycles. The Hall–Kier alpha value is -1.07. The molecule has 0 saturated heterocycles. The van der Waals surface area contributed by atoms with Crippen molar-refractivity contribution in [3.8, 4) is 11.3 Å². The van der Waals surface area contributed by atoms with Gasteiger partial charge in [0.15, 0.2) is 0 Å². The maximum Gasteiger partial charge on any atom is 0.148 e. The number of nitrogens with zero attached hydrogens (tertiary/aromatic N) is 2. The number of nitrogens with one attached hydrogen (secondary N) is 1. The van der Waals surface area contributed by atoms with Gasteiger partial charge in [0.25, 0.3) is 0 Å². The summed E-state index contributed by atoms with van der Waals surface area (Å²) in [6.45, 7) is 0.786. The average Bonchev–Trinajstić information content (AvgIpc) is 2.37. The van der Waals surface area contributed by atoms with Crippen molar-refractivity contribution >= 4 is 34.4 Å². The van der Waals surface area contributed by atoms with Crippen molar-refractivity contribution in [1.29, 1.82) is 0 Å². The molecule has 0 atom stereocenters. The number of hydrogen-bond donors (Lipinski definition) is 2. The van der Waals surface area contributed by atoms with E-state index in [1.807, 2.05) is 36.4 Å². The molecule has 17 heavy (non-hydrogen) atoms. The Morgan fingerprint density at radius 1 is 1.18 bits per heavy atom. The van der Waals surface area contributed by atoms with Crippen LogP contribution in [0.4, 0.5) is 5.82 Å². The quantitative estimate of drug-likeness (QED) is 0.851. The summed E-state index contributed by atoms with van der Waals surface area (Å²) >= 11 is 7.56. The summed E-state index contributed by atoms with van der Waals surface area (Å²) in [4.78, 5) is 0. The second kappa shape index (κ2) is 6.02. The molecular formula is C12H12BrN3S. The standard InChI is InChI=1S/C12H12BrN3S/c13-10-3-1-2-9(8-10)11-4-5-12(16-15-11)14-6-7-17/h1-5,8,17H,6-7H2,(H,14,16). The summed E-state index contributed by atoms with van der Waals surface area (Å²) in [5.41, 5.74) is 1.91. The van der Waals surface area contributed by atoms with Crippen LogP contribution in [0.1, 0.15) is 0 Å². The first-order chi connectivity index (χ1) is 8.29. The minimum Gasteiger partial charge on any atom is -0.368 e. The maximum absolute atomic E-state index is 4.18. The van der Waals surface area contributed by atoms with Crippen LogP contribution >= 0.6 is 28.6 Å². The molecule has 0 radical (unpaired) electrons. The molecule has 5 heteroatoms. The zero-order valence-electron chi connectivity index (χ0n) is 9.10. The second-order valence-electron chi connectivity index (χ2n) is 3.46. The Labute approximate surface area is 114 Å². The number of anilines is 1. The van der Waals surface area contributed by atoms with Gasteiger partial charge in [-0.05, 0) is 24.3 Å². The molecule has 0 aliphatic rings. The SMILES string of the molecule is SCCNc1ccc(-c2cccc(Br)c2)nn1. The van der Waals surface area contributed by atoms with E-state index in [1.54, 1.807) is 0 Å². The van der Waals surface area contributed by atoms with Gasteiger partial charge < -0.3 is 5.32 Å². The molecule has 1 aromatic carbocycles.